The molecule has 1 saturated heterocycles. The lowest BCUT2D eigenvalue weighted by molar-refractivity contribution is 0.0508. The van der Waals surface area contributed by atoms with Crippen molar-refractivity contribution in [3.8, 4) is 0 Å². The number of pyridine rings is 1. The van der Waals surface area contributed by atoms with E-state index in [1.54, 1.807) is 0 Å². The zero-order chi connectivity index (χ0) is 15.3. The van der Waals surface area contributed by atoms with E-state index in [2.05, 4.69) is 15.6 Å². The van der Waals surface area contributed by atoms with E-state index in [4.69, 9.17) is 4.74 Å². The minimum Gasteiger partial charge on any atom is -0.444 e. The van der Waals surface area contributed by atoms with Gasteiger partial charge in [0.2, 0.25) is 0 Å². The van der Waals surface area contributed by atoms with Gasteiger partial charge in [-0.3, -0.25) is 4.98 Å². The Labute approximate surface area is 138 Å². The monoisotopic (exact) mass is 327 g/mol. The van der Waals surface area contributed by atoms with Crippen LogP contribution >= 0.6 is 12.4 Å². The van der Waals surface area contributed by atoms with Crippen molar-refractivity contribution in [1.82, 2.24) is 15.6 Å². The van der Waals surface area contributed by atoms with Crippen LogP contribution in [0.2, 0.25) is 0 Å². The summed E-state index contributed by atoms with van der Waals surface area (Å²) in [7, 11) is 0. The smallest absolute Gasteiger partial charge is 0.407 e. The molecule has 1 aliphatic heterocycles. The molecule has 1 aliphatic rings. The number of carbonyl (C=O) groups is 1. The van der Waals surface area contributed by atoms with Gasteiger partial charge in [-0.15, -0.1) is 12.4 Å². The van der Waals surface area contributed by atoms with Crippen LogP contribution in [0.1, 0.15) is 39.3 Å². The lowest BCUT2D eigenvalue weighted by atomic mass is 9.75. The maximum Gasteiger partial charge on any atom is 0.407 e. The van der Waals surface area contributed by atoms with Crippen molar-refractivity contribution in [1.29, 1.82) is 0 Å². The molecule has 0 aromatic carbocycles. The van der Waals surface area contributed by atoms with E-state index in [9.17, 15) is 4.79 Å². The third-order valence-electron chi connectivity index (χ3n) is 3.74. The van der Waals surface area contributed by atoms with Gasteiger partial charge in [0, 0.05) is 23.9 Å². The van der Waals surface area contributed by atoms with Crippen molar-refractivity contribution in [2.24, 2.45) is 0 Å². The van der Waals surface area contributed by atoms with Crippen molar-refractivity contribution in [3.63, 3.8) is 0 Å². The summed E-state index contributed by atoms with van der Waals surface area (Å²) in [4.78, 5) is 16.4. The summed E-state index contributed by atoms with van der Waals surface area (Å²) >= 11 is 0. The molecule has 2 heterocycles. The molecule has 1 aromatic heterocycles. The quantitative estimate of drug-likeness (QED) is 0.896. The van der Waals surface area contributed by atoms with Crippen LogP contribution < -0.4 is 10.6 Å². The van der Waals surface area contributed by atoms with Crippen molar-refractivity contribution < 1.29 is 9.53 Å². The summed E-state index contributed by atoms with van der Waals surface area (Å²) in [6.07, 6.45) is 3.36. The number of hydrogen-bond acceptors (Lipinski definition) is 4. The lowest BCUT2D eigenvalue weighted by Gasteiger charge is -2.37. The number of piperidine rings is 1. The van der Waals surface area contributed by atoms with Crippen LogP contribution in [-0.4, -0.2) is 36.3 Å². The topological polar surface area (TPSA) is 63.2 Å². The first-order valence-corrected chi connectivity index (χ1v) is 7.50. The Morgan fingerprint density at radius 2 is 2.05 bits per heavy atom. The number of hydrogen-bond donors (Lipinski definition) is 2. The molecule has 1 fully saturated rings. The van der Waals surface area contributed by atoms with Crippen molar-refractivity contribution in [2.45, 2.75) is 44.6 Å². The maximum atomic E-state index is 11.9. The van der Waals surface area contributed by atoms with Gasteiger partial charge in [-0.1, -0.05) is 6.07 Å². The summed E-state index contributed by atoms with van der Waals surface area (Å²) in [6.45, 7) is 8.03. The second-order valence-corrected chi connectivity index (χ2v) is 6.60. The highest BCUT2D eigenvalue weighted by molar-refractivity contribution is 5.85. The van der Waals surface area contributed by atoms with Crippen LogP contribution in [0, 0.1) is 0 Å². The summed E-state index contributed by atoms with van der Waals surface area (Å²) in [5, 5.41) is 6.28. The molecule has 0 spiro atoms. The Morgan fingerprint density at radius 1 is 1.36 bits per heavy atom. The fourth-order valence-corrected chi connectivity index (χ4v) is 2.66. The zero-order valence-corrected chi connectivity index (χ0v) is 14.3. The van der Waals surface area contributed by atoms with Gasteiger partial charge in [0.15, 0.2) is 0 Å². The van der Waals surface area contributed by atoms with Gasteiger partial charge in [-0.05, 0) is 58.8 Å². The molecule has 124 valence electrons. The molecule has 0 radical (unpaired) electrons. The number of halogens is 1. The number of carbonyl (C=O) groups excluding carboxylic acids is 1. The number of rotatable bonds is 3. The predicted molar refractivity (Wildman–Crippen MR) is 89.5 cm³/mol. The summed E-state index contributed by atoms with van der Waals surface area (Å²) in [5.74, 6) is 0. The number of nitrogens with zero attached hydrogens (tertiary/aromatic N) is 1. The van der Waals surface area contributed by atoms with Gasteiger partial charge < -0.3 is 15.4 Å². The first-order chi connectivity index (χ1) is 9.91. The molecule has 2 N–H and O–H groups in total. The summed E-state index contributed by atoms with van der Waals surface area (Å²) < 4.78 is 5.32. The van der Waals surface area contributed by atoms with Crippen molar-refractivity contribution in [2.75, 3.05) is 19.6 Å². The third kappa shape index (κ3) is 5.14. The van der Waals surface area contributed by atoms with Crippen LogP contribution in [0.5, 0.6) is 0 Å². The van der Waals surface area contributed by atoms with Crippen molar-refractivity contribution >= 4 is 18.5 Å². The Hall–Kier alpha value is -1.33. The molecule has 1 amide bonds. The van der Waals surface area contributed by atoms with E-state index < -0.39 is 5.60 Å². The minimum absolute atomic E-state index is 0. The average molecular weight is 328 g/mol. The van der Waals surface area contributed by atoms with Gasteiger partial charge in [0.05, 0.1) is 0 Å². The number of nitrogens with one attached hydrogen (secondary N) is 2. The fraction of sp³-hybridized carbons (Fsp3) is 0.625. The molecule has 2 rings (SSSR count). The normalized spacial score (nSPS) is 17.2. The number of ether oxygens (including phenoxy) is 1. The Bertz CT molecular complexity index is 468. The Kier molecular flexibility index (Phi) is 6.63. The molecule has 0 aliphatic carbocycles. The molecule has 0 saturated carbocycles. The van der Waals surface area contributed by atoms with Gasteiger partial charge in [0.1, 0.15) is 5.60 Å². The fourth-order valence-electron chi connectivity index (χ4n) is 2.66. The van der Waals surface area contributed by atoms with E-state index >= 15 is 0 Å². The largest absolute Gasteiger partial charge is 0.444 e. The Balaban J connectivity index is 0.00000242. The predicted octanol–water partition coefficient (Wildman–Crippen LogP) is 2.65. The summed E-state index contributed by atoms with van der Waals surface area (Å²) in [5.41, 5.74) is 0.460. The standard InChI is InChI=1S/C16H25N3O2.ClH/c1-15(2,3)21-14(20)19-12-16(7-10-17-11-8-16)13-6-4-5-9-18-13;/h4-6,9,17H,7-8,10-12H2,1-3H3,(H,19,20);1H. The molecule has 0 unspecified atom stereocenters. The van der Waals surface area contributed by atoms with Crippen LogP contribution in [0.15, 0.2) is 24.4 Å². The Morgan fingerprint density at radius 3 is 2.59 bits per heavy atom. The first kappa shape index (κ1) is 18.7. The molecule has 6 heteroatoms. The van der Waals surface area contributed by atoms with Crippen LogP contribution in [0.25, 0.3) is 0 Å². The van der Waals surface area contributed by atoms with E-state index in [-0.39, 0.29) is 23.9 Å². The lowest BCUT2D eigenvalue weighted by Crippen LogP contribution is -2.48. The molecule has 0 atom stereocenters. The number of alkyl carbamates (subject to hydrolysis) is 1. The third-order valence-corrected chi connectivity index (χ3v) is 3.74. The molecule has 5 nitrogen and oxygen atoms in total. The van der Waals surface area contributed by atoms with Crippen LogP contribution in [0.4, 0.5) is 4.79 Å². The van der Waals surface area contributed by atoms with E-state index in [1.165, 1.54) is 0 Å². The van der Waals surface area contributed by atoms with Gasteiger partial charge in [-0.25, -0.2) is 4.79 Å². The van der Waals surface area contributed by atoms with Gasteiger partial charge >= 0.3 is 6.09 Å². The number of amides is 1. The zero-order valence-electron chi connectivity index (χ0n) is 13.5. The second kappa shape index (κ2) is 7.79. The van der Waals surface area contributed by atoms with Gasteiger partial charge in [0.25, 0.3) is 0 Å². The molecular weight excluding hydrogens is 302 g/mol. The molecule has 1 aromatic rings. The maximum absolute atomic E-state index is 11.9. The molecule has 0 bridgehead atoms. The van der Waals surface area contributed by atoms with E-state index in [0.29, 0.717) is 6.54 Å². The first-order valence-electron chi connectivity index (χ1n) is 7.50. The highest BCUT2D eigenvalue weighted by atomic mass is 35.5. The van der Waals surface area contributed by atoms with Gasteiger partial charge in [-0.2, -0.15) is 0 Å². The second-order valence-electron chi connectivity index (χ2n) is 6.60. The van der Waals surface area contributed by atoms with Crippen LogP contribution in [0.3, 0.4) is 0 Å². The van der Waals surface area contributed by atoms with E-state index in [0.717, 1.165) is 31.6 Å². The SMILES string of the molecule is CC(C)(C)OC(=O)NCC1(c2ccccn2)CCNCC1.Cl. The molecular formula is C16H26ClN3O2. The van der Waals surface area contributed by atoms with E-state index in [1.807, 2.05) is 45.2 Å². The summed E-state index contributed by atoms with van der Waals surface area (Å²) in [6, 6.07) is 5.96. The highest BCUT2D eigenvalue weighted by Gasteiger charge is 2.35. The average Bonchev–Trinajstić information content (AvgIpc) is 2.45. The molecule has 22 heavy (non-hydrogen) atoms. The number of aromatic nitrogens is 1. The van der Waals surface area contributed by atoms with Crippen LogP contribution in [-0.2, 0) is 10.2 Å². The van der Waals surface area contributed by atoms with Crippen molar-refractivity contribution in [3.05, 3.63) is 30.1 Å². The minimum atomic E-state index is -0.476. The highest BCUT2D eigenvalue weighted by Crippen LogP contribution is 2.31.